The first kappa shape index (κ1) is 11.2. The van der Waals surface area contributed by atoms with Crippen LogP contribution in [0.1, 0.15) is 42.7 Å². The Morgan fingerprint density at radius 1 is 1.24 bits per heavy atom. The molecular formula is C15H22N2. The maximum absolute atomic E-state index is 3.67. The third-order valence-electron chi connectivity index (χ3n) is 4.23. The zero-order valence-corrected chi connectivity index (χ0v) is 10.4. The molecule has 2 nitrogen and oxygen atoms in total. The van der Waals surface area contributed by atoms with Gasteiger partial charge in [0.2, 0.25) is 0 Å². The molecule has 0 amide bonds. The van der Waals surface area contributed by atoms with Gasteiger partial charge in [-0.3, -0.25) is 0 Å². The molecule has 1 aliphatic heterocycles. The Morgan fingerprint density at radius 3 is 2.94 bits per heavy atom. The lowest BCUT2D eigenvalue weighted by molar-refractivity contribution is 0.332. The minimum Gasteiger partial charge on any atom is -0.314 e. The summed E-state index contributed by atoms with van der Waals surface area (Å²) in [5.41, 5.74) is 3.06. The van der Waals surface area contributed by atoms with Crippen LogP contribution < -0.4 is 10.6 Å². The average molecular weight is 230 g/mol. The summed E-state index contributed by atoms with van der Waals surface area (Å²) in [6.07, 6.45) is 5.46. The van der Waals surface area contributed by atoms with E-state index in [0.29, 0.717) is 5.92 Å². The van der Waals surface area contributed by atoms with E-state index in [1.165, 1.54) is 37.8 Å². The predicted octanol–water partition coefficient (Wildman–Crippen LogP) is 2.41. The van der Waals surface area contributed by atoms with Crippen molar-refractivity contribution >= 4 is 0 Å². The Kier molecular flexibility index (Phi) is 3.44. The largest absolute Gasteiger partial charge is 0.314 e. The smallest absolute Gasteiger partial charge is 0.0208 e. The van der Waals surface area contributed by atoms with Crippen molar-refractivity contribution in [2.45, 2.75) is 44.2 Å². The number of rotatable bonds is 4. The molecule has 0 bridgehead atoms. The fourth-order valence-electron chi connectivity index (χ4n) is 2.92. The lowest BCUT2D eigenvalue weighted by atomic mass is 9.88. The first-order valence-electron chi connectivity index (χ1n) is 6.95. The Hall–Kier alpha value is -0.860. The summed E-state index contributed by atoms with van der Waals surface area (Å²) in [6.45, 7) is 3.36. The van der Waals surface area contributed by atoms with Gasteiger partial charge in [0.1, 0.15) is 0 Å². The molecule has 0 radical (unpaired) electrons. The van der Waals surface area contributed by atoms with Crippen molar-refractivity contribution in [3.63, 3.8) is 0 Å². The van der Waals surface area contributed by atoms with Crippen LogP contribution in [0.2, 0.25) is 0 Å². The summed E-state index contributed by atoms with van der Waals surface area (Å²) < 4.78 is 0. The highest BCUT2D eigenvalue weighted by molar-refractivity contribution is 5.32. The van der Waals surface area contributed by atoms with Crippen LogP contribution >= 0.6 is 0 Å². The zero-order chi connectivity index (χ0) is 11.5. The molecular weight excluding hydrogens is 208 g/mol. The van der Waals surface area contributed by atoms with Gasteiger partial charge in [-0.1, -0.05) is 30.7 Å². The van der Waals surface area contributed by atoms with Crippen LogP contribution in [-0.4, -0.2) is 19.1 Å². The van der Waals surface area contributed by atoms with Crippen LogP contribution in [0, 0.1) is 0 Å². The molecule has 1 saturated carbocycles. The van der Waals surface area contributed by atoms with E-state index in [1.807, 2.05) is 0 Å². The van der Waals surface area contributed by atoms with E-state index in [4.69, 9.17) is 0 Å². The topological polar surface area (TPSA) is 24.1 Å². The quantitative estimate of drug-likeness (QED) is 0.830. The summed E-state index contributed by atoms with van der Waals surface area (Å²) in [7, 11) is 0. The molecule has 1 atom stereocenters. The van der Waals surface area contributed by atoms with Crippen molar-refractivity contribution in [1.29, 1.82) is 0 Å². The monoisotopic (exact) mass is 230 g/mol. The Labute approximate surface area is 104 Å². The van der Waals surface area contributed by atoms with Gasteiger partial charge in [0.15, 0.2) is 0 Å². The Balaban J connectivity index is 1.56. The number of fused-ring (bicyclic) bond motifs is 1. The van der Waals surface area contributed by atoms with E-state index in [1.54, 1.807) is 5.56 Å². The molecule has 2 aliphatic rings. The molecule has 1 fully saturated rings. The van der Waals surface area contributed by atoms with E-state index >= 15 is 0 Å². The van der Waals surface area contributed by atoms with Crippen molar-refractivity contribution < 1.29 is 0 Å². The van der Waals surface area contributed by atoms with Crippen molar-refractivity contribution in [3.05, 3.63) is 35.4 Å². The number of hydrogen-bond donors (Lipinski definition) is 2. The molecule has 2 N–H and O–H groups in total. The van der Waals surface area contributed by atoms with E-state index in [9.17, 15) is 0 Å². The summed E-state index contributed by atoms with van der Waals surface area (Å²) in [5, 5.41) is 7.20. The highest BCUT2D eigenvalue weighted by Gasteiger charge is 2.20. The van der Waals surface area contributed by atoms with Crippen LogP contribution in [0.15, 0.2) is 24.3 Å². The molecule has 1 aromatic carbocycles. The molecule has 0 aromatic heterocycles. The van der Waals surface area contributed by atoms with Crippen LogP contribution in [0.3, 0.4) is 0 Å². The fraction of sp³-hybridized carbons (Fsp3) is 0.600. The molecule has 92 valence electrons. The van der Waals surface area contributed by atoms with E-state index in [2.05, 4.69) is 34.9 Å². The van der Waals surface area contributed by atoms with Gasteiger partial charge >= 0.3 is 0 Å². The van der Waals surface area contributed by atoms with Crippen molar-refractivity contribution in [2.75, 3.05) is 13.1 Å². The van der Waals surface area contributed by atoms with Gasteiger partial charge in [0.05, 0.1) is 0 Å². The predicted molar refractivity (Wildman–Crippen MR) is 71.1 cm³/mol. The summed E-state index contributed by atoms with van der Waals surface area (Å²) in [6, 6.07) is 9.71. The van der Waals surface area contributed by atoms with Crippen LogP contribution in [0.25, 0.3) is 0 Å². The van der Waals surface area contributed by atoms with E-state index < -0.39 is 0 Å². The minimum atomic E-state index is 0.701. The molecule has 1 unspecified atom stereocenters. The standard InChI is InChI=1S/C15H22N2/c1-2-7-15-12(4-1)10-16-11-13(15)8-9-17-14-5-3-6-14/h1-2,4,7,13-14,16-17H,3,5-6,8-11H2. The van der Waals surface area contributed by atoms with E-state index in [-0.39, 0.29) is 0 Å². The lowest BCUT2D eigenvalue weighted by Gasteiger charge is -2.30. The number of nitrogens with one attached hydrogen (secondary N) is 2. The average Bonchev–Trinajstić information content (AvgIpc) is 2.32. The zero-order valence-electron chi connectivity index (χ0n) is 10.4. The molecule has 2 heteroatoms. The highest BCUT2D eigenvalue weighted by atomic mass is 14.9. The van der Waals surface area contributed by atoms with Crippen LogP contribution in [-0.2, 0) is 6.54 Å². The van der Waals surface area contributed by atoms with Gasteiger partial charge in [0, 0.05) is 19.1 Å². The number of benzene rings is 1. The van der Waals surface area contributed by atoms with Crippen molar-refractivity contribution in [1.82, 2.24) is 10.6 Å². The summed E-state index contributed by atoms with van der Waals surface area (Å²) >= 11 is 0. The normalized spacial score (nSPS) is 24.1. The van der Waals surface area contributed by atoms with Gasteiger partial charge in [-0.05, 0) is 42.9 Å². The maximum atomic E-state index is 3.67. The second-order valence-electron chi connectivity index (χ2n) is 5.40. The van der Waals surface area contributed by atoms with Crippen molar-refractivity contribution in [3.8, 4) is 0 Å². The molecule has 1 aliphatic carbocycles. The first-order chi connectivity index (χ1) is 8.43. The molecule has 0 spiro atoms. The highest BCUT2D eigenvalue weighted by Crippen LogP contribution is 2.26. The molecule has 1 aromatic rings. The lowest BCUT2D eigenvalue weighted by Crippen LogP contribution is -2.37. The van der Waals surface area contributed by atoms with Crippen LogP contribution in [0.5, 0.6) is 0 Å². The van der Waals surface area contributed by atoms with Gasteiger partial charge in [-0.25, -0.2) is 0 Å². The van der Waals surface area contributed by atoms with E-state index in [0.717, 1.165) is 19.1 Å². The molecule has 3 rings (SSSR count). The maximum Gasteiger partial charge on any atom is 0.0208 e. The molecule has 0 saturated heterocycles. The summed E-state index contributed by atoms with van der Waals surface area (Å²) in [5.74, 6) is 0.701. The van der Waals surface area contributed by atoms with Crippen molar-refractivity contribution in [2.24, 2.45) is 0 Å². The Bertz CT molecular complexity index is 371. The second-order valence-corrected chi connectivity index (χ2v) is 5.40. The van der Waals surface area contributed by atoms with Crippen LogP contribution in [0.4, 0.5) is 0 Å². The van der Waals surface area contributed by atoms with Gasteiger partial charge in [0.25, 0.3) is 0 Å². The second kappa shape index (κ2) is 5.19. The summed E-state index contributed by atoms with van der Waals surface area (Å²) in [4.78, 5) is 0. The SMILES string of the molecule is c1ccc2c(c1)CNCC2CCNC1CCC1. The van der Waals surface area contributed by atoms with Gasteiger partial charge in [-0.15, -0.1) is 0 Å². The molecule has 17 heavy (non-hydrogen) atoms. The first-order valence-corrected chi connectivity index (χ1v) is 6.95. The minimum absolute atomic E-state index is 0.701. The fourth-order valence-corrected chi connectivity index (χ4v) is 2.92. The van der Waals surface area contributed by atoms with Gasteiger partial charge < -0.3 is 10.6 Å². The third-order valence-corrected chi connectivity index (χ3v) is 4.23. The number of hydrogen-bond acceptors (Lipinski definition) is 2. The molecule has 1 heterocycles. The Morgan fingerprint density at radius 2 is 2.12 bits per heavy atom. The third kappa shape index (κ3) is 2.53. The van der Waals surface area contributed by atoms with Gasteiger partial charge in [-0.2, -0.15) is 0 Å².